The summed E-state index contributed by atoms with van der Waals surface area (Å²) in [6, 6.07) is 2.78. The number of hydrogen-bond acceptors (Lipinski definition) is 2. The van der Waals surface area contributed by atoms with E-state index in [0.717, 1.165) is 6.54 Å². The van der Waals surface area contributed by atoms with E-state index in [-0.39, 0.29) is 0 Å². The van der Waals surface area contributed by atoms with Crippen LogP contribution < -0.4 is 5.32 Å². The number of aliphatic hydroxyl groups excluding tert-OH is 1. The molecule has 24 heavy (non-hydrogen) atoms. The molecule has 0 aromatic carbocycles. The lowest BCUT2D eigenvalue weighted by molar-refractivity contribution is 0.253. The Morgan fingerprint density at radius 1 is 0.792 bits per heavy atom. The van der Waals surface area contributed by atoms with Crippen LogP contribution in [0.15, 0.2) is 12.2 Å². The maximum absolute atomic E-state index is 8.98. The van der Waals surface area contributed by atoms with Crippen LogP contribution in [0, 0.1) is 12.0 Å². The molecule has 0 heterocycles. The lowest BCUT2D eigenvalue weighted by atomic mass is 10.1. The van der Waals surface area contributed by atoms with E-state index in [1.54, 1.807) is 6.92 Å². The topological polar surface area (TPSA) is 32.3 Å². The smallest absolute Gasteiger partial charge is 0.113 e. The van der Waals surface area contributed by atoms with Crippen LogP contribution in [-0.2, 0) is 0 Å². The van der Waals surface area contributed by atoms with E-state index < -0.39 is 6.10 Å². The van der Waals surface area contributed by atoms with Crippen LogP contribution in [0.3, 0.4) is 0 Å². The van der Waals surface area contributed by atoms with Gasteiger partial charge < -0.3 is 10.4 Å². The maximum atomic E-state index is 8.98. The van der Waals surface area contributed by atoms with Crippen molar-refractivity contribution < 1.29 is 5.11 Å². The minimum Gasteiger partial charge on any atom is -0.381 e. The average molecular weight is 336 g/mol. The fraction of sp³-hybridized carbons (Fsp3) is 0.818. The van der Waals surface area contributed by atoms with E-state index in [2.05, 4.69) is 36.4 Å². The van der Waals surface area contributed by atoms with Gasteiger partial charge >= 0.3 is 0 Å². The van der Waals surface area contributed by atoms with Crippen molar-refractivity contribution in [2.75, 3.05) is 6.54 Å². The second kappa shape index (κ2) is 20.1. The Labute approximate surface area is 151 Å². The molecule has 0 aromatic heterocycles. The first-order chi connectivity index (χ1) is 11.8. The third-order valence-electron chi connectivity index (χ3n) is 4.18. The highest BCUT2D eigenvalue weighted by Crippen LogP contribution is 2.09. The summed E-state index contributed by atoms with van der Waals surface area (Å²) in [4.78, 5) is 0. The SMILES string of the molecule is CCCCCCCC/C=C\CCCCCCCCNC#CC(C)O. The molecule has 0 saturated carbocycles. The Morgan fingerprint density at radius 2 is 1.29 bits per heavy atom. The molecule has 1 unspecified atom stereocenters. The van der Waals surface area contributed by atoms with Crippen LogP contribution >= 0.6 is 0 Å². The first kappa shape index (κ1) is 23.1. The molecule has 0 fully saturated rings. The maximum Gasteiger partial charge on any atom is 0.113 e. The summed E-state index contributed by atoms with van der Waals surface area (Å²) in [7, 11) is 0. The summed E-state index contributed by atoms with van der Waals surface area (Å²) in [5.74, 6) is 2.69. The average Bonchev–Trinajstić information content (AvgIpc) is 2.56. The molecule has 0 spiro atoms. The second-order valence-electron chi connectivity index (χ2n) is 6.81. The Bertz CT molecular complexity index is 325. The number of rotatable bonds is 16. The van der Waals surface area contributed by atoms with Gasteiger partial charge in [0.15, 0.2) is 0 Å². The van der Waals surface area contributed by atoms with Crippen LogP contribution in [0.4, 0.5) is 0 Å². The van der Waals surface area contributed by atoms with Gasteiger partial charge in [0.05, 0.1) is 0 Å². The van der Waals surface area contributed by atoms with Gasteiger partial charge in [-0.15, -0.1) is 0 Å². The summed E-state index contributed by atoms with van der Waals surface area (Å²) in [5, 5.41) is 12.0. The van der Waals surface area contributed by atoms with Crippen LogP contribution in [0.25, 0.3) is 0 Å². The van der Waals surface area contributed by atoms with Gasteiger partial charge in [-0.25, -0.2) is 0 Å². The van der Waals surface area contributed by atoms with E-state index in [0.29, 0.717) is 0 Å². The molecule has 2 heteroatoms. The van der Waals surface area contributed by atoms with Crippen molar-refractivity contribution in [2.24, 2.45) is 0 Å². The highest BCUT2D eigenvalue weighted by molar-refractivity contribution is 5.00. The molecule has 0 amide bonds. The van der Waals surface area contributed by atoms with E-state index in [4.69, 9.17) is 5.11 Å². The molecule has 0 aliphatic heterocycles. The van der Waals surface area contributed by atoms with Crippen LogP contribution in [0.2, 0.25) is 0 Å². The fourth-order valence-electron chi connectivity index (χ4n) is 2.68. The van der Waals surface area contributed by atoms with Gasteiger partial charge in [-0.05, 0) is 44.9 Å². The van der Waals surface area contributed by atoms with Gasteiger partial charge in [0.1, 0.15) is 6.10 Å². The number of allylic oxidation sites excluding steroid dienone is 2. The fourth-order valence-corrected chi connectivity index (χ4v) is 2.68. The van der Waals surface area contributed by atoms with Gasteiger partial charge in [0.2, 0.25) is 0 Å². The lowest BCUT2D eigenvalue weighted by Gasteiger charge is -2.01. The van der Waals surface area contributed by atoms with Crippen molar-refractivity contribution >= 4 is 0 Å². The molecule has 1 atom stereocenters. The predicted octanol–water partition coefficient (Wildman–Crippen LogP) is 5.96. The third-order valence-corrected chi connectivity index (χ3v) is 4.18. The van der Waals surface area contributed by atoms with Gasteiger partial charge in [-0.3, -0.25) is 0 Å². The molecule has 2 nitrogen and oxygen atoms in total. The van der Waals surface area contributed by atoms with Crippen molar-refractivity contribution in [1.82, 2.24) is 5.32 Å². The Balaban J connectivity index is 3.12. The number of hydrogen-bond donors (Lipinski definition) is 2. The Kier molecular flexibility index (Phi) is 19.3. The molecule has 0 rings (SSSR count). The van der Waals surface area contributed by atoms with Crippen molar-refractivity contribution in [2.45, 2.75) is 110 Å². The Hall–Kier alpha value is -0.940. The highest BCUT2D eigenvalue weighted by atomic mass is 16.3. The number of nitrogens with one attached hydrogen (secondary N) is 1. The first-order valence-corrected chi connectivity index (χ1v) is 10.3. The molecule has 0 aromatic rings. The standard InChI is InChI=1S/C22H41NO/c1-3-4-5-6-7-8-9-10-11-12-13-14-15-16-17-18-20-23-21-19-22(2)24/h10-11,22-24H,3-9,12-18,20H2,1-2H3/b11-10-. The quantitative estimate of drug-likeness (QED) is 0.158. The Morgan fingerprint density at radius 3 is 1.83 bits per heavy atom. The summed E-state index contributed by atoms with van der Waals surface area (Å²) in [5.41, 5.74) is 0. The first-order valence-electron chi connectivity index (χ1n) is 10.3. The molecular weight excluding hydrogens is 294 g/mol. The van der Waals surface area contributed by atoms with Gasteiger partial charge in [-0.2, -0.15) is 0 Å². The van der Waals surface area contributed by atoms with E-state index in [1.807, 2.05) is 0 Å². The minimum absolute atomic E-state index is 0.530. The van der Waals surface area contributed by atoms with Gasteiger partial charge in [0.25, 0.3) is 0 Å². The van der Waals surface area contributed by atoms with Crippen molar-refractivity contribution in [3.8, 4) is 12.0 Å². The van der Waals surface area contributed by atoms with Crippen LogP contribution in [-0.4, -0.2) is 17.8 Å². The molecule has 0 aliphatic carbocycles. The van der Waals surface area contributed by atoms with Gasteiger partial charge in [0, 0.05) is 12.6 Å². The molecule has 140 valence electrons. The second-order valence-corrected chi connectivity index (χ2v) is 6.81. The lowest BCUT2D eigenvalue weighted by Crippen LogP contribution is -2.08. The summed E-state index contributed by atoms with van der Waals surface area (Å²) >= 11 is 0. The summed E-state index contributed by atoms with van der Waals surface area (Å²) in [6.07, 6.45) is 23.0. The highest BCUT2D eigenvalue weighted by Gasteiger charge is 1.91. The monoisotopic (exact) mass is 335 g/mol. The van der Waals surface area contributed by atoms with Crippen LogP contribution in [0.1, 0.15) is 104 Å². The van der Waals surface area contributed by atoms with Crippen molar-refractivity contribution in [3.05, 3.63) is 12.2 Å². The molecular formula is C22H41NO. The predicted molar refractivity (Wildman–Crippen MR) is 107 cm³/mol. The molecule has 0 saturated heterocycles. The minimum atomic E-state index is -0.530. The van der Waals surface area contributed by atoms with E-state index >= 15 is 0 Å². The number of unbranched alkanes of at least 4 members (excludes halogenated alkanes) is 12. The summed E-state index contributed by atoms with van der Waals surface area (Å²) in [6.45, 7) is 4.88. The zero-order valence-electron chi connectivity index (χ0n) is 16.3. The zero-order valence-corrected chi connectivity index (χ0v) is 16.3. The largest absolute Gasteiger partial charge is 0.381 e. The van der Waals surface area contributed by atoms with Crippen LogP contribution in [0.5, 0.6) is 0 Å². The molecule has 0 radical (unpaired) electrons. The van der Waals surface area contributed by atoms with E-state index in [9.17, 15) is 0 Å². The normalized spacial score (nSPS) is 12.1. The molecule has 0 aliphatic rings. The summed E-state index contributed by atoms with van der Waals surface area (Å²) < 4.78 is 0. The van der Waals surface area contributed by atoms with Crippen molar-refractivity contribution in [1.29, 1.82) is 0 Å². The van der Waals surface area contributed by atoms with E-state index in [1.165, 1.54) is 89.9 Å². The number of aliphatic hydroxyl groups is 1. The van der Waals surface area contributed by atoms with Gasteiger partial charge in [-0.1, -0.05) is 76.9 Å². The van der Waals surface area contributed by atoms with Crippen molar-refractivity contribution in [3.63, 3.8) is 0 Å². The third kappa shape index (κ3) is 21.1. The zero-order chi connectivity index (χ0) is 17.7. The molecule has 0 bridgehead atoms. The molecule has 2 N–H and O–H groups in total.